The van der Waals surface area contributed by atoms with Gasteiger partial charge in [-0.05, 0) is 48.1 Å². The molecule has 4 atom stereocenters. The van der Waals surface area contributed by atoms with Gasteiger partial charge in [0.25, 0.3) is 0 Å². The van der Waals surface area contributed by atoms with Gasteiger partial charge in [0.05, 0.1) is 18.8 Å². The van der Waals surface area contributed by atoms with Gasteiger partial charge in [-0.15, -0.1) is 0 Å². The van der Waals surface area contributed by atoms with Crippen LogP contribution in [0.25, 0.3) is 0 Å². The summed E-state index contributed by atoms with van der Waals surface area (Å²) in [5.41, 5.74) is 2.70. The van der Waals surface area contributed by atoms with Gasteiger partial charge in [-0.25, -0.2) is 0 Å². The van der Waals surface area contributed by atoms with Gasteiger partial charge in [0.1, 0.15) is 0 Å². The molecule has 2 saturated carbocycles. The molecule has 4 nitrogen and oxygen atoms in total. The highest BCUT2D eigenvalue weighted by Gasteiger charge is 2.39. The summed E-state index contributed by atoms with van der Waals surface area (Å²) in [5, 5.41) is 10.6. The Kier molecular flexibility index (Phi) is 7.23. The van der Waals surface area contributed by atoms with Crippen LogP contribution in [-0.4, -0.2) is 66.9 Å². The van der Waals surface area contributed by atoms with E-state index in [4.69, 9.17) is 4.74 Å². The topological polar surface area (TPSA) is 35.9 Å². The Morgan fingerprint density at radius 3 is 2.06 bits per heavy atom. The van der Waals surface area contributed by atoms with Gasteiger partial charge in [0, 0.05) is 39.3 Å². The molecule has 2 aromatic rings. The van der Waals surface area contributed by atoms with E-state index in [1.807, 2.05) is 0 Å². The quantitative estimate of drug-likeness (QED) is 0.641. The standard InChI is InChI=1S/C28H38N2O2/c31-27(21-32-20-26-18-22-11-12-25(26)17-22)19-29-13-15-30(16-14-29)28(23-7-3-1-4-8-23)24-9-5-2-6-10-24/h1-10,22,25-28,31H,11-21H2/t22-,25-,26+,27+/m1/s1. The smallest absolute Gasteiger partial charge is 0.0900 e. The number of β-amino-alcohol motifs (C(OH)–C–C–N with tert-alkyl or cyclic N) is 1. The molecule has 3 aliphatic rings. The summed E-state index contributed by atoms with van der Waals surface area (Å²) in [7, 11) is 0. The third kappa shape index (κ3) is 5.26. The summed E-state index contributed by atoms with van der Waals surface area (Å²) in [6.45, 7) is 6.03. The molecule has 1 saturated heterocycles. The summed E-state index contributed by atoms with van der Waals surface area (Å²) in [6, 6.07) is 21.9. The maximum absolute atomic E-state index is 10.6. The molecule has 172 valence electrons. The average molecular weight is 435 g/mol. The van der Waals surface area contributed by atoms with Crippen LogP contribution >= 0.6 is 0 Å². The fourth-order valence-corrected chi connectivity index (χ4v) is 6.38. The van der Waals surface area contributed by atoms with Crippen LogP contribution in [0.4, 0.5) is 0 Å². The molecule has 2 bridgehead atoms. The van der Waals surface area contributed by atoms with Crippen LogP contribution in [0.2, 0.25) is 0 Å². The molecular weight excluding hydrogens is 396 g/mol. The van der Waals surface area contributed by atoms with Gasteiger partial charge in [-0.3, -0.25) is 9.80 Å². The monoisotopic (exact) mass is 434 g/mol. The van der Waals surface area contributed by atoms with Gasteiger partial charge in [0.15, 0.2) is 0 Å². The third-order valence-corrected chi connectivity index (χ3v) is 8.00. The van der Waals surface area contributed by atoms with Gasteiger partial charge < -0.3 is 9.84 Å². The number of aliphatic hydroxyl groups excluding tert-OH is 1. The van der Waals surface area contributed by atoms with Gasteiger partial charge in [-0.1, -0.05) is 67.1 Å². The molecule has 0 spiro atoms. The first-order valence-corrected chi connectivity index (χ1v) is 12.6. The van der Waals surface area contributed by atoms with E-state index in [2.05, 4.69) is 70.5 Å². The zero-order valence-electron chi connectivity index (χ0n) is 19.2. The molecule has 2 aromatic carbocycles. The molecule has 0 radical (unpaired) electrons. The number of hydrogen-bond donors (Lipinski definition) is 1. The summed E-state index contributed by atoms with van der Waals surface area (Å²) in [4.78, 5) is 4.98. The fraction of sp³-hybridized carbons (Fsp3) is 0.571. The van der Waals surface area contributed by atoms with Crippen molar-refractivity contribution in [1.82, 2.24) is 9.80 Å². The number of ether oxygens (including phenoxy) is 1. The fourth-order valence-electron chi connectivity index (χ4n) is 6.38. The number of piperazine rings is 1. The second kappa shape index (κ2) is 10.5. The van der Waals surface area contributed by atoms with E-state index in [1.54, 1.807) is 0 Å². The van der Waals surface area contributed by atoms with Crippen LogP contribution in [0.5, 0.6) is 0 Å². The van der Waals surface area contributed by atoms with Gasteiger partial charge in [-0.2, -0.15) is 0 Å². The molecule has 4 heteroatoms. The SMILES string of the molecule is O[C@H](COC[C@@H]1C[C@@H]2CC[C@@H]1C2)CN1CCN(C(c2ccccc2)c2ccccc2)CC1. The Morgan fingerprint density at radius 1 is 0.844 bits per heavy atom. The number of aliphatic hydroxyl groups is 1. The highest BCUT2D eigenvalue weighted by atomic mass is 16.5. The van der Waals surface area contributed by atoms with Crippen molar-refractivity contribution >= 4 is 0 Å². The molecule has 0 amide bonds. The summed E-state index contributed by atoms with van der Waals surface area (Å²) in [6.07, 6.45) is 5.23. The van der Waals surface area contributed by atoms with Crippen LogP contribution in [0.15, 0.2) is 60.7 Å². The predicted molar refractivity (Wildman–Crippen MR) is 129 cm³/mol. The molecule has 1 aliphatic heterocycles. The van der Waals surface area contributed by atoms with Crippen LogP contribution < -0.4 is 0 Å². The van der Waals surface area contributed by atoms with E-state index in [0.717, 1.165) is 50.5 Å². The van der Waals surface area contributed by atoms with E-state index in [1.165, 1.54) is 36.8 Å². The van der Waals surface area contributed by atoms with Gasteiger partial charge in [0.2, 0.25) is 0 Å². The Hall–Kier alpha value is -1.72. The predicted octanol–water partition coefficient (Wildman–Crippen LogP) is 4.21. The lowest BCUT2D eigenvalue weighted by Crippen LogP contribution is -2.50. The van der Waals surface area contributed by atoms with Crippen molar-refractivity contribution < 1.29 is 9.84 Å². The van der Waals surface area contributed by atoms with Crippen LogP contribution in [0, 0.1) is 17.8 Å². The molecule has 1 N–H and O–H groups in total. The van der Waals surface area contributed by atoms with Crippen molar-refractivity contribution in [3.05, 3.63) is 71.8 Å². The lowest BCUT2D eigenvalue weighted by Gasteiger charge is -2.40. The van der Waals surface area contributed by atoms with E-state index in [-0.39, 0.29) is 12.1 Å². The maximum Gasteiger partial charge on any atom is 0.0900 e. The Bertz CT molecular complexity index is 782. The first-order valence-electron chi connectivity index (χ1n) is 12.6. The summed E-state index contributed by atoms with van der Waals surface area (Å²) >= 11 is 0. The van der Waals surface area contributed by atoms with Crippen molar-refractivity contribution in [1.29, 1.82) is 0 Å². The minimum atomic E-state index is -0.390. The average Bonchev–Trinajstić information content (AvgIpc) is 3.45. The molecule has 1 heterocycles. The molecule has 0 aromatic heterocycles. The second-order valence-electron chi connectivity index (χ2n) is 10.2. The maximum atomic E-state index is 10.6. The Balaban J connectivity index is 1.10. The molecular formula is C28H38N2O2. The van der Waals surface area contributed by atoms with E-state index < -0.39 is 0 Å². The number of rotatable bonds is 9. The molecule has 3 fully saturated rings. The summed E-state index contributed by atoms with van der Waals surface area (Å²) < 4.78 is 5.96. The molecule has 32 heavy (non-hydrogen) atoms. The van der Waals surface area contributed by atoms with E-state index in [9.17, 15) is 5.11 Å². The number of benzene rings is 2. The van der Waals surface area contributed by atoms with Crippen molar-refractivity contribution in [2.75, 3.05) is 45.9 Å². The highest BCUT2D eigenvalue weighted by Crippen LogP contribution is 2.48. The summed E-state index contributed by atoms with van der Waals surface area (Å²) in [5.74, 6) is 2.61. The molecule has 2 aliphatic carbocycles. The molecule has 5 rings (SSSR count). The van der Waals surface area contributed by atoms with Crippen LogP contribution in [-0.2, 0) is 4.74 Å². The third-order valence-electron chi connectivity index (χ3n) is 8.00. The van der Waals surface area contributed by atoms with Crippen molar-refractivity contribution in [2.24, 2.45) is 17.8 Å². The van der Waals surface area contributed by atoms with Crippen molar-refractivity contribution in [3.63, 3.8) is 0 Å². The number of hydrogen-bond acceptors (Lipinski definition) is 4. The first kappa shape index (κ1) is 22.1. The van der Waals surface area contributed by atoms with Crippen molar-refractivity contribution in [2.45, 2.75) is 37.8 Å². The Labute approximate surface area is 193 Å². The van der Waals surface area contributed by atoms with E-state index in [0.29, 0.717) is 13.2 Å². The first-order chi connectivity index (χ1) is 15.8. The largest absolute Gasteiger partial charge is 0.389 e. The zero-order valence-corrected chi connectivity index (χ0v) is 19.2. The highest BCUT2D eigenvalue weighted by molar-refractivity contribution is 5.31. The normalized spacial score (nSPS) is 27.2. The lowest BCUT2D eigenvalue weighted by atomic mass is 9.90. The lowest BCUT2D eigenvalue weighted by molar-refractivity contribution is -0.0101. The number of nitrogens with zero attached hydrogens (tertiary/aromatic N) is 2. The van der Waals surface area contributed by atoms with Gasteiger partial charge >= 0.3 is 0 Å². The van der Waals surface area contributed by atoms with Crippen LogP contribution in [0.3, 0.4) is 0 Å². The minimum Gasteiger partial charge on any atom is -0.389 e. The minimum absolute atomic E-state index is 0.287. The van der Waals surface area contributed by atoms with Crippen molar-refractivity contribution in [3.8, 4) is 0 Å². The van der Waals surface area contributed by atoms with Crippen LogP contribution in [0.1, 0.15) is 42.9 Å². The second-order valence-corrected chi connectivity index (χ2v) is 10.2. The van der Waals surface area contributed by atoms with E-state index >= 15 is 0 Å². The number of fused-ring (bicyclic) bond motifs is 2. The zero-order chi connectivity index (χ0) is 21.8. The Morgan fingerprint density at radius 2 is 1.50 bits per heavy atom. The molecule has 0 unspecified atom stereocenters.